The molecule has 0 aliphatic rings. The van der Waals surface area contributed by atoms with E-state index in [1.807, 2.05) is 60.8 Å². The van der Waals surface area contributed by atoms with Crippen LogP contribution in [-0.2, 0) is 6.54 Å². The summed E-state index contributed by atoms with van der Waals surface area (Å²) in [4.78, 5) is 20.2. The van der Waals surface area contributed by atoms with Gasteiger partial charge in [0.1, 0.15) is 5.82 Å². The van der Waals surface area contributed by atoms with Crippen molar-refractivity contribution in [1.82, 2.24) is 14.5 Å². The van der Waals surface area contributed by atoms with Gasteiger partial charge in [0.25, 0.3) is 5.56 Å². The molecule has 0 bridgehead atoms. The molecule has 2 aromatic heterocycles. The highest BCUT2D eigenvalue weighted by Gasteiger charge is 2.14. The third-order valence-corrected chi connectivity index (χ3v) is 5.60. The van der Waals surface area contributed by atoms with Gasteiger partial charge in [0.15, 0.2) is 0 Å². The van der Waals surface area contributed by atoms with Crippen LogP contribution in [0.1, 0.15) is 5.56 Å². The Morgan fingerprint density at radius 2 is 1.69 bits per heavy atom. The summed E-state index contributed by atoms with van der Waals surface area (Å²) in [7, 11) is 0. The van der Waals surface area contributed by atoms with Crippen LogP contribution in [0.25, 0.3) is 33.2 Å². The molecule has 0 radical (unpaired) electrons. The van der Waals surface area contributed by atoms with Crippen LogP contribution in [-0.4, -0.2) is 14.5 Å². The second-order valence-corrected chi connectivity index (χ2v) is 7.70. The van der Waals surface area contributed by atoms with E-state index in [-0.39, 0.29) is 5.56 Å². The highest BCUT2D eigenvalue weighted by Crippen LogP contribution is 2.30. The highest BCUT2D eigenvalue weighted by molar-refractivity contribution is 6.35. The minimum atomic E-state index is -0.150. The number of rotatable bonds is 3. The lowest BCUT2D eigenvalue weighted by Gasteiger charge is -2.08. The summed E-state index contributed by atoms with van der Waals surface area (Å²) >= 11 is 12.4. The van der Waals surface area contributed by atoms with Crippen molar-refractivity contribution in [2.45, 2.75) is 6.54 Å². The standard InChI is InChI=1S/C23H15Cl2N3O/c24-15-10-9-14(19(25)11-15)12-28-13-18(16-5-2-4-8-21(16)28)22-26-20-7-3-1-6-17(20)23(29)27-22/h1-11,13H,12H2,(H,26,27,29). The topological polar surface area (TPSA) is 50.7 Å². The van der Waals surface area contributed by atoms with Gasteiger partial charge in [-0.2, -0.15) is 0 Å². The molecular formula is C23H15Cl2N3O. The molecule has 0 aliphatic carbocycles. The molecule has 0 saturated heterocycles. The summed E-state index contributed by atoms with van der Waals surface area (Å²) in [5.74, 6) is 0.547. The van der Waals surface area contributed by atoms with Crippen LogP contribution >= 0.6 is 23.2 Å². The van der Waals surface area contributed by atoms with Gasteiger partial charge in [-0.3, -0.25) is 4.79 Å². The summed E-state index contributed by atoms with van der Waals surface area (Å²) in [6, 6.07) is 20.9. The van der Waals surface area contributed by atoms with Gasteiger partial charge in [-0.1, -0.05) is 59.6 Å². The fourth-order valence-corrected chi connectivity index (χ4v) is 4.08. The first-order valence-corrected chi connectivity index (χ1v) is 9.87. The number of hydrogen-bond donors (Lipinski definition) is 1. The third kappa shape index (κ3) is 3.20. The average molecular weight is 420 g/mol. The van der Waals surface area contributed by atoms with Crippen LogP contribution < -0.4 is 5.56 Å². The molecule has 29 heavy (non-hydrogen) atoms. The molecule has 0 fully saturated rings. The number of aromatic amines is 1. The Hall–Kier alpha value is -3.08. The molecular weight excluding hydrogens is 405 g/mol. The summed E-state index contributed by atoms with van der Waals surface area (Å²) in [6.07, 6.45) is 2.00. The van der Waals surface area contributed by atoms with Crippen molar-refractivity contribution in [3.8, 4) is 11.4 Å². The zero-order chi connectivity index (χ0) is 20.0. The van der Waals surface area contributed by atoms with E-state index in [2.05, 4.69) is 9.55 Å². The van der Waals surface area contributed by atoms with E-state index in [9.17, 15) is 4.79 Å². The van der Waals surface area contributed by atoms with Crippen molar-refractivity contribution in [2.75, 3.05) is 0 Å². The zero-order valence-corrected chi connectivity index (χ0v) is 16.7. The van der Waals surface area contributed by atoms with Crippen molar-refractivity contribution < 1.29 is 0 Å². The monoisotopic (exact) mass is 419 g/mol. The molecule has 0 unspecified atom stereocenters. The summed E-state index contributed by atoms with van der Waals surface area (Å²) in [5.41, 5.74) is 3.38. The van der Waals surface area contributed by atoms with E-state index in [1.165, 1.54) is 0 Å². The fraction of sp³-hybridized carbons (Fsp3) is 0.0435. The third-order valence-electron chi connectivity index (χ3n) is 5.01. The van der Waals surface area contributed by atoms with Crippen LogP contribution in [0.3, 0.4) is 0 Å². The first-order chi connectivity index (χ1) is 14.1. The second-order valence-electron chi connectivity index (χ2n) is 6.86. The Morgan fingerprint density at radius 1 is 0.931 bits per heavy atom. The molecule has 0 aliphatic heterocycles. The van der Waals surface area contributed by atoms with Crippen LogP contribution in [0.2, 0.25) is 10.0 Å². The smallest absolute Gasteiger partial charge is 0.259 e. The molecule has 0 atom stereocenters. The Bertz CT molecular complexity index is 1440. The lowest BCUT2D eigenvalue weighted by atomic mass is 10.1. The molecule has 0 saturated carbocycles. The van der Waals surface area contributed by atoms with Crippen LogP contribution in [0.4, 0.5) is 0 Å². The Balaban J connectivity index is 1.69. The number of nitrogens with zero attached hydrogens (tertiary/aromatic N) is 2. The number of aromatic nitrogens is 3. The zero-order valence-electron chi connectivity index (χ0n) is 15.2. The fourth-order valence-electron chi connectivity index (χ4n) is 3.61. The molecule has 2 heterocycles. The second kappa shape index (κ2) is 7.07. The van der Waals surface area contributed by atoms with Crippen LogP contribution in [0.5, 0.6) is 0 Å². The van der Waals surface area contributed by atoms with Gasteiger partial charge in [-0.25, -0.2) is 4.98 Å². The van der Waals surface area contributed by atoms with E-state index < -0.39 is 0 Å². The molecule has 0 amide bonds. The van der Waals surface area contributed by atoms with Crippen molar-refractivity contribution in [3.63, 3.8) is 0 Å². The normalized spacial score (nSPS) is 11.4. The summed E-state index contributed by atoms with van der Waals surface area (Å²) in [6.45, 7) is 0.578. The van der Waals surface area contributed by atoms with Crippen LogP contribution in [0, 0.1) is 0 Å². The lowest BCUT2D eigenvalue weighted by molar-refractivity contribution is 0.837. The first-order valence-electron chi connectivity index (χ1n) is 9.11. The van der Waals surface area contributed by atoms with Gasteiger partial charge in [-0.15, -0.1) is 0 Å². The molecule has 1 N–H and O–H groups in total. The van der Waals surface area contributed by atoms with E-state index in [0.717, 1.165) is 22.0 Å². The minimum absolute atomic E-state index is 0.150. The molecule has 0 spiro atoms. The number of hydrogen-bond acceptors (Lipinski definition) is 2. The molecule has 3 aromatic carbocycles. The van der Waals surface area contributed by atoms with Gasteiger partial charge < -0.3 is 9.55 Å². The number of fused-ring (bicyclic) bond motifs is 2. The van der Waals surface area contributed by atoms with Crippen molar-refractivity contribution in [2.24, 2.45) is 0 Å². The van der Waals surface area contributed by atoms with E-state index in [4.69, 9.17) is 28.2 Å². The lowest BCUT2D eigenvalue weighted by Crippen LogP contribution is -2.09. The molecule has 5 aromatic rings. The number of nitrogens with one attached hydrogen (secondary N) is 1. The quantitative estimate of drug-likeness (QED) is 0.395. The first kappa shape index (κ1) is 18.0. The minimum Gasteiger partial charge on any atom is -0.342 e. The number of halogens is 2. The maximum Gasteiger partial charge on any atom is 0.259 e. The molecule has 142 valence electrons. The Labute approximate surface area is 176 Å². The van der Waals surface area contributed by atoms with E-state index >= 15 is 0 Å². The Morgan fingerprint density at radius 3 is 2.52 bits per heavy atom. The molecule has 5 rings (SSSR count). The van der Waals surface area contributed by atoms with Crippen LogP contribution in [0.15, 0.2) is 77.7 Å². The van der Waals surface area contributed by atoms with E-state index in [1.54, 1.807) is 12.1 Å². The summed E-state index contributed by atoms with van der Waals surface area (Å²) < 4.78 is 2.11. The highest BCUT2D eigenvalue weighted by atomic mass is 35.5. The van der Waals surface area contributed by atoms with Gasteiger partial charge >= 0.3 is 0 Å². The maximum absolute atomic E-state index is 12.6. The summed E-state index contributed by atoms with van der Waals surface area (Å²) in [5, 5.41) is 2.81. The molecule has 4 nitrogen and oxygen atoms in total. The SMILES string of the molecule is O=c1[nH]c(-c2cn(Cc3ccc(Cl)cc3Cl)c3ccccc23)nc2ccccc12. The van der Waals surface area contributed by atoms with Crippen molar-refractivity contribution in [1.29, 1.82) is 0 Å². The predicted octanol–water partition coefficient (Wildman–Crippen LogP) is 5.90. The van der Waals surface area contributed by atoms with Gasteiger partial charge in [0, 0.05) is 39.3 Å². The largest absolute Gasteiger partial charge is 0.342 e. The number of H-pyrrole nitrogens is 1. The van der Waals surface area contributed by atoms with Crippen molar-refractivity contribution >= 4 is 45.0 Å². The Kier molecular flexibility index (Phi) is 4.38. The predicted molar refractivity (Wildman–Crippen MR) is 119 cm³/mol. The van der Waals surface area contributed by atoms with Crippen molar-refractivity contribution in [3.05, 3.63) is 98.9 Å². The maximum atomic E-state index is 12.6. The molecule has 6 heteroatoms. The van der Waals surface area contributed by atoms with Gasteiger partial charge in [0.2, 0.25) is 0 Å². The van der Waals surface area contributed by atoms with Gasteiger partial charge in [0.05, 0.1) is 10.9 Å². The van der Waals surface area contributed by atoms with Gasteiger partial charge in [-0.05, 0) is 35.9 Å². The van der Waals surface area contributed by atoms with E-state index in [0.29, 0.717) is 33.3 Å². The number of para-hydroxylation sites is 2. The number of benzene rings is 3. The average Bonchev–Trinajstić information content (AvgIpc) is 3.09.